The Balaban J connectivity index is 1.73. The Morgan fingerprint density at radius 2 is 1.94 bits per heavy atom. The minimum absolute atomic E-state index is 0.00790. The van der Waals surface area contributed by atoms with Gasteiger partial charge in [0.15, 0.2) is 0 Å². The van der Waals surface area contributed by atoms with Crippen molar-refractivity contribution in [3.05, 3.63) is 63.0 Å². The van der Waals surface area contributed by atoms with Gasteiger partial charge in [-0.3, -0.25) is 4.79 Å². The SMILES string of the molecule is CCC(F)(F)c1cccc([C@@H](C)Nc2nc(C)nc3[nH]c(=O)c([C@H]4CC[C@H](O)CC4)cc23)c1F. The smallest absolute Gasteiger partial charge is 0.275 e. The predicted octanol–water partition coefficient (Wildman–Crippen LogP) is 5.46. The van der Waals surface area contributed by atoms with Gasteiger partial charge in [0, 0.05) is 17.5 Å². The lowest BCUT2D eigenvalue weighted by Gasteiger charge is -2.25. The zero-order valence-electron chi connectivity index (χ0n) is 19.5. The minimum Gasteiger partial charge on any atom is -0.393 e. The van der Waals surface area contributed by atoms with Crippen LogP contribution in [0.4, 0.5) is 19.0 Å². The van der Waals surface area contributed by atoms with E-state index >= 15 is 4.39 Å². The van der Waals surface area contributed by atoms with E-state index in [0.29, 0.717) is 53.9 Å². The maximum absolute atomic E-state index is 15.1. The Hall–Kier alpha value is -2.94. The number of benzene rings is 1. The fraction of sp³-hybridized carbons (Fsp3) is 0.480. The van der Waals surface area contributed by atoms with Gasteiger partial charge < -0.3 is 15.4 Å². The fourth-order valence-corrected chi connectivity index (χ4v) is 4.65. The number of aliphatic hydroxyl groups is 1. The van der Waals surface area contributed by atoms with Crippen molar-refractivity contribution in [1.82, 2.24) is 15.0 Å². The molecule has 182 valence electrons. The van der Waals surface area contributed by atoms with Crippen LogP contribution in [0.1, 0.15) is 80.4 Å². The molecule has 6 nitrogen and oxygen atoms in total. The van der Waals surface area contributed by atoms with E-state index in [4.69, 9.17) is 0 Å². The van der Waals surface area contributed by atoms with Crippen LogP contribution in [0, 0.1) is 12.7 Å². The number of nitrogens with zero attached hydrogens (tertiary/aromatic N) is 2. The monoisotopic (exact) mass is 474 g/mol. The lowest BCUT2D eigenvalue weighted by atomic mass is 9.83. The Morgan fingerprint density at radius 1 is 1.24 bits per heavy atom. The van der Waals surface area contributed by atoms with Crippen LogP contribution >= 0.6 is 0 Å². The van der Waals surface area contributed by atoms with E-state index in [9.17, 15) is 18.7 Å². The summed E-state index contributed by atoms with van der Waals surface area (Å²) in [6.45, 7) is 4.66. The molecule has 0 amide bonds. The predicted molar refractivity (Wildman–Crippen MR) is 125 cm³/mol. The average molecular weight is 475 g/mol. The molecule has 3 aromatic rings. The first-order chi connectivity index (χ1) is 16.1. The van der Waals surface area contributed by atoms with E-state index in [1.165, 1.54) is 19.1 Å². The van der Waals surface area contributed by atoms with Gasteiger partial charge in [-0.05, 0) is 51.5 Å². The topological polar surface area (TPSA) is 90.9 Å². The number of pyridine rings is 1. The lowest BCUT2D eigenvalue weighted by Crippen LogP contribution is -2.23. The van der Waals surface area contributed by atoms with Gasteiger partial charge in [0.1, 0.15) is 23.1 Å². The molecule has 0 spiro atoms. The Bertz CT molecular complexity index is 1250. The first-order valence-electron chi connectivity index (χ1n) is 11.6. The summed E-state index contributed by atoms with van der Waals surface area (Å²) in [5.74, 6) is -3.42. The highest BCUT2D eigenvalue weighted by Crippen LogP contribution is 2.37. The first-order valence-corrected chi connectivity index (χ1v) is 11.6. The Morgan fingerprint density at radius 3 is 2.62 bits per heavy atom. The number of hydrogen-bond donors (Lipinski definition) is 3. The van der Waals surface area contributed by atoms with Crippen LogP contribution in [0.5, 0.6) is 0 Å². The number of aryl methyl sites for hydroxylation is 1. The molecule has 0 bridgehead atoms. The van der Waals surface area contributed by atoms with Crippen LogP contribution in [0.15, 0.2) is 29.1 Å². The molecule has 0 aliphatic heterocycles. The van der Waals surface area contributed by atoms with Gasteiger partial charge in [-0.15, -0.1) is 0 Å². The number of H-pyrrole nitrogens is 1. The van der Waals surface area contributed by atoms with E-state index in [0.717, 1.165) is 6.07 Å². The molecule has 9 heteroatoms. The Labute approximate surface area is 195 Å². The molecule has 1 aliphatic carbocycles. The maximum atomic E-state index is 15.1. The highest BCUT2D eigenvalue weighted by Gasteiger charge is 2.34. The molecule has 1 saturated carbocycles. The quantitative estimate of drug-likeness (QED) is 0.441. The number of rotatable bonds is 6. The van der Waals surface area contributed by atoms with E-state index in [1.54, 1.807) is 19.9 Å². The van der Waals surface area contributed by atoms with Crippen molar-refractivity contribution in [3.63, 3.8) is 0 Å². The second kappa shape index (κ2) is 9.37. The second-order valence-corrected chi connectivity index (χ2v) is 9.07. The molecule has 1 fully saturated rings. The van der Waals surface area contributed by atoms with Crippen LogP contribution < -0.4 is 10.9 Å². The number of anilines is 1. The van der Waals surface area contributed by atoms with Crippen molar-refractivity contribution in [1.29, 1.82) is 0 Å². The number of hydrogen-bond acceptors (Lipinski definition) is 5. The molecule has 0 saturated heterocycles. The van der Waals surface area contributed by atoms with Crippen molar-refractivity contribution >= 4 is 16.9 Å². The summed E-state index contributed by atoms with van der Waals surface area (Å²) in [6, 6.07) is 5.08. The highest BCUT2D eigenvalue weighted by molar-refractivity contribution is 5.87. The normalized spacial score (nSPS) is 19.9. The molecule has 4 rings (SSSR count). The van der Waals surface area contributed by atoms with Crippen molar-refractivity contribution in [3.8, 4) is 0 Å². The van der Waals surface area contributed by atoms with Crippen molar-refractivity contribution in [2.24, 2.45) is 0 Å². The second-order valence-electron chi connectivity index (χ2n) is 9.07. The molecule has 0 unspecified atom stereocenters. The third-order valence-electron chi connectivity index (χ3n) is 6.67. The molecule has 2 heterocycles. The van der Waals surface area contributed by atoms with Crippen LogP contribution in [-0.4, -0.2) is 26.2 Å². The van der Waals surface area contributed by atoms with Crippen molar-refractivity contribution in [2.45, 2.75) is 76.9 Å². The van der Waals surface area contributed by atoms with Gasteiger partial charge in [-0.1, -0.05) is 25.1 Å². The van der Waals surface area contributed by atoms with E-state index in [-0.39, 0.29) is 23.1 Å². The average Bonchev–Trinajstić information content (AvgIpc) is 2.79. The third kappa shape index (κ3) is 4.66. The molecule has 34 heavy (non-hydrogen) atoms. The van der Waals surface area contributed by atoms with E-state index in [2.05, 4.69) is 20.3 Å². The summed E-state index contributed by atoms with van der Waals surface area (Å²) in [4.78, 5) is 24.4. The number of aromatic nitrogens is 3. The van der Waals surface area contributed by atoms with Gasteiger partial charge >= 0.3 is 0 Å². The molecule has 1 atom stereocenters. The summed E-state index contributed by atoms with van der Waals surface area (Å²) in [5, 5.41) is 13.5. The third-order valence-corrected chi connectivity index (χ3v) is 6.67. The zero-order chi connectivity index (χ0) is 24.6. The molecule has 0 radical (unpaired) electrons. The molecule has 2 aromatic heterocycles. The van der Waals surface area contributed by atoms with Gasteiger partial charge in [0.05, 0.1) is 23.1 Å². The molecular weight excluding hydrogens is 445 g/mol. The first kappa shape index (κ1) is 24.2. The summed E-state index contributed by atoms with van der Waals surface area (Å²) >= 11 is 0. The van der Waals surface area contributed by atoms with E-state index in [1.807, 2.05) is 0 Å². The van der Waals surface area contributed by atoms with E-state index < -0.39 is 29.8 Å². The number of aromatic amines is 1. The van der Waals surface area contributed by atoms with Gasteiger partial charge in [-0.2, -0.15) is 0 Å². The minimum atomic E-state index is -3.26. The van der Waals surface area contributed by atoms with Crippen LogP contribution in [-0.2, 0) is 5.92 Å². The van der Waals surface area contributed by atoms with Gasteiger partial charge in [0.2, 0.25) is 0 Å². The fourth-order valence-electron chi connectivity index (χ4n) is 4.65. The van der Waals surface area contributed by atoms with Crippen molar-refractivity contribution < 1.29 is 18.3 Å². The molecule has 1 aromatic carbocycles. The molecule has 1 aliphatic rings. The maximum Gasteiger partial charge on any atom is 0.275 e. The number of aliphatic hydroxyl groups excluding tert-OH is 1. The standard InChI is InChI=1S/C25H29F3N4O2/c1-4-25(27,28)20-7-5-6-17(21(20)26)13(2)29-22-19-12-18(15-8-10-16(33)11-9-15)24(34)32-23(19)31-14(3)30-22/h5-7,12-13,15-16,33H,4,8-11H2,1-3H3,(H2,29,30,31,32,34)/t13-,15-,16-/m1/s1. The highest BCUT2D eigenvalue weighted by atomic mass is 19.3. The number of alkyl halides is 2. The number of nitrogens with one attached hydrogen (secondary N) is 2. The largest absolute Gasteiger partial charge is 0.393 e. The Kier molecular flexibility index (Phi) is 6.66. The van der Waals surface area contributed by atoms with Crippen LogP contribution in [0.2, 0.25) is 0 Å². The number of fused-ring (bicyclic) bond motifs is 1. The lowest BCUT2D eigenvalue weighted by molar-refractivity contribution is -0.0119. The molecule has 3 N–H and O–H groups in total. The van der Waals surface area contributed by atoms with Gasteiger partial charge in [-0.25, -0.2) is 23.1 Å². The number of halogens is 3. The molecular formula is C25H29F3N4O2. The van der Waals surface area contributed by atoms with Crippen LogP contribution in [0.25, 0.3) is 11.0 Å². The summed E-state index contributed by atoms with van der Waals surface area (Å²) < 4.78 is 43.5. The summed E-state index contributed by atoms with van der Waals surface area (Å²) in [7, 11) is 0. The van der Waals surface area contributed by atoms with Gasteiger partial charge in [0.25, 0.3) is 11.5 Å². The van der Waals surface area contributed by atoms with Crippen molar-refractivity contribution in [2.75, 3.05) is 5.32 Å². The summed E-state index contributed by atoms with van der Waals surface area (Å²) in [6.07, 6.45) is 1.82. The van der Waals surface area contributed by atoms with Crippen LogP contribution in [0.3, 0.4) is 0 Å². The zero-order valence-corrected chi connectivity index (χ0v) is 19.5. The summed E-state index contributed by atoms with van der Waals surface area (Å²) in [5.41, 5.74) is 0.181.